The minimum Gasteiger partial charge on any atom is -0.464 e. The summed E-state index contributed by atoms with van der Waals surface area (Å²) >= 11 is 2.96. The SMILES string of the molecule is CC(=O)OCC(Br)C=O. The van der Waals surface area contributed by atoms with E-state index >= 15 is 0 Å². The smallest absolute Gasteiger partial charge is 0.302 e. The Kier molecular flexibility index (Phi) is 4.30. The third-order valence-electron chi connectivity index (χ3n) is 0.593. The molecule has 1 atom stereocenters. The van der Waals surface area contributed by atoms with E-state index in [2.05, 4.69) is 20.7 Å². The Labute approximate surface area is 61.5 Å². The Morgan fingerprint density at radius 3 is 2.78 bits per heavy atom. The first-order valence-electron chi connectivity index (χ1n) is 2.39. The minimum atomic E-state index is -0.374. The number of hydrogen-bond acceptors (Lipinski definition) is 3. The second kappa shape index (κ2) is 4.49. The van der Waals surface area contributed by atoms with Gasteiger partial charge < -0.3 is 9.53 Å². The monoisotopic (exact) mass is 194 g/mol. The maximum absolute atomic E-state index is 10.1. The second-order valence-electron chi connectivity index (χ2n) is 1.45. The molecule has 0 bridgehead atoms. The van der Waals surface area contributed by atoms with Crippen molar-refractivity contribution in [2.24, 2.45) is 0 Å². The summed E-state index contributed by atoms with van der Waals surface area (Å²) in [6, 6.07) is 0. The lowest BCUT2D eigenvalue weighted by atomic mass is 10.5. The number of alkyl halides is 1. The van der Waals surface area contributed by atoms with Crippen molar-refractivity contribution in [1.29, 1.82) is 0 Å². The Morgan fingerprint density at radius 1 is 1.89 bits per heavy atom. The highest BCUT2D eigenvalue weighted by molar-refractivity contribution is 9.10. The van der Waals surface area contributed by atoms with Gasteiger partial charge in [-0.3, -0.25) is 4.79 Å². The topological polar surface area (TPSA) is 43.4 Å². The fourth-order valence-corrected chi connectivity index (χ4v) is 0.368. The third-order valence-corrected chi connectivity index (χ3v) is 1.07. The van der Waals surface area contributed by atoms with E-state index in [9.17, 15) is 9.59 Å². The molecule has 52 valence electrons. The standard InChI is InChI=1S/C5H7BrO3/c1-4(8)9-3-5(6)2-7/h2,5H,3H2,1H3. The van der Waals surface area contributed by atoms with Crippen molar-refractivity contribution in [3.05, 3.63) is 0 Å². The van der Waals surface area contributed by atoms with Gasteiger partial charge in [-0.15, -0.1) is 0 Å². The van der Waals surface area contributed by atoms with Crippen molar-refractivity contribution < 1.29 is 14.3 Å². The molecule has 0 aliphatic heterocycles. The summed E-state index contributed by atoms with van der Waals surface area (Å²) in [7, 11) is 0. The molecule has 0 aliphatic rings. The predicted molar refractivity (Wildman–Crippen MR) is 35.4 cm³/mol. The maximum atomic E-state index is 10.1. The van der Waals surface area contributed by atoms with Crippen molar-refractivity contribution >= 4 is 28.2 Å². The lowest BCUT2D eigenvalue weighted by molar-refractivity contribution is -0.140. The molecule has 0 fully saturated rings. The summed E-state index contributed by atoms with van der Waals surface area (Å²) in [5, 5.41) is 0. The van der Waals surface area contributed by atoms with Gasteiger partial charge in [0.25, 0.3) is 0 Å². The Bertz CT molecular complexity index is 113. The second-order valence-corrected chi connectivity index (χ2v) is 2.63. The van der Waals surface area contributed by atoms with Crippen LogP contribution in [0.25, 0.3) is 0 Å². The average Bonchev–Trinajstić information content (AvgIpc) is 1.83. The zero-order valence-electron chi connectivity index (χ0n) is 4.96. The molecule has 0 saturated heterocycles. The van der Waals surface area contributed by atoms with Crippen LogP contribution in [-0.4, -0.2) is 23.7 Å². The van der Waals surface area contributed by atoms with Crippen LogP contribution in [0.4, 0.5) is 0 Å². The molecule has 0 N–H and O–H groups in total. The van der Waals surface area contributed by atoms with Gasteiger partial charge in [-0.25, -0.2) is 0 Å². The summed E-state index contributed by atoms with van der Waals surface area (Å²) < 4.78 is 4.48. The minimum absolute atomic E-state index is 0.110. The predicted octanol–water partition coefficient (Wildman–Crippen LogP) is 0.512. The van der Waals surface area contributed by atoms with Gasteiger partial charge in [0.2, 0.25) is 0 Å². The van der Waals surface area contributed by atoms with Crippen LogP contribution in [0.3, 0.4) is 0 Å². The van der Waals surface area contributed by atoms with Gasteiger partial charge in [0.1, 0.15) is 17.7 Å². The van der Waals surface area contributed by atoms with Crippen molar-refractivity contribution in [1.82, 2.24) is 0 Å². The molecule has 0 radical (unpaired) electrons. The number of ether oxygens (including phenoxy) is 1. The van der Waals surface area contributed by atoms with Crippen LogP contribution in [-0.2, 0) is 14.3 Å². The molecule has 3 nitrogen and oxygen atoms in total. The molecule has 0 rings (SSSR count). The molecular formula is C5H7BrO3. The van der Waals surface area contributed by atoms with Gasteiger partial charge >= 0.3 is 5.97 Å². The van der Waals surface area contributed by atoms with E-state index in [4.69, 9.17) is 0 Å². The average molecular weight is 195 g/mol. The first kappa shape index (κ1) is 8.62. The number of esters is 1. The highest BCUT2D eigenvalue weighted by Crippen LogP contribution is 1.94. The summed E-state index contributed by atoms with van der Waals surface area (Å²) in [4.78, 5) is 19.6. The molecule has 0 aliphatic carbocycles. The molecule has 0 aromatic rings. The van der Waals surface area contributed by atoms with Gasteiger partial charge in [0.05, 0.1) is 0 Å². The van der Waals surface area contributed by atoms with Crippen LogP contribution in [0.1, 0.15) is 6.92 Å². The molecule has 0 aromatic heterocycles. The lowest BCUT2D eigenvalue weighted by Gasteiger charge is -2.00. The van der Waals surface area contributed by atoms with Gasteiger partial charge in [-0.1, -0.05) is 15.9 Å². The van der Waals surface area contributed by atoms with Crippen LogP contribution in [0, 0.1) is 0 Å². The molecule has 0 saturated carbocycles. The number of carbonyl (C=O) groups is 2. The van der Waals surface area contributed by atoms with Crippen molar-refractivity contribution in [3.8, 4) is 0 Å². The molecule has 0 heterocycles. The van der Waals surface area contributed by atoms with E-state index in [0.29, 0.717) is 6.29 Å². The Balaban J connectivity index is 3.26. The number of hydrogen-bond donors (Lipinski definition) is 0. The largest absolute Gasteiger partial charge is 0.464 e. The summed E-state index contributed by atoms with van der Waals surface area (Å²) in [6.45, 7) is 1.41. The fourth-order valence-electron chi connectivity index (χ4n) is 0.236. The molecule has 9 heavy (non-hydrogen) atoms. The van der Waals surface area contributed by atoms with Crippen LogP contribution in [0.2, 0.25) is 0 Å². The van der Waals surface area contributed by atoms with Crippen LogP contribution >= 0.6 is 15.9 Å². The quantitative estimate of drug-likeness (QED) is 0.374. The number of carbonyl (C=O) groups excluding carboxylic acids is 2. The Hall–Kier alpha value is -0.380. The lowest BCUT2D eigenvalue weighted by Crippen LogP contribution is -2.12. The van der Waals surface area contributed by atoms with E-state index in [1.807, 2.05) is 0 Å². The highest BCUT2D eigenvalue weighted by atomic mass is 79.9. The number of halogens is 1. The highest BCUT2D eigenvalue weighted by Gasteiger charge is 2.01. The van der Waals surface area contributed by atoms with E-state index in [1.54, 1.807) is 0 Å². The van der Waals surface area contributed by atoms with E-state index in [-0.39, 0.29) is 17.4 Å². The first-order valence-corrected chi connectivity index (χ1v) is 3.31. The number of aldehydes is 1. The molecule has 0 spiro atoms. The van der Waals surface area contributed by atoms with Crippen LogP contribution in [0.5, 0.6) is 0 Å². The van der Waals surface area contributed by atoms with Crippen molar-refractivity contribution in [3.63, 3.8) is 0 Å². The summed E-state index contributed by atoms with van der Waals surface area (Å²) in [5.41, 5.74) is 0. The zero-order chi connectivity index (χ0) is 7.28. The van der Waals surface area contributed by atoms with Crippen molar-refractivity contribution in [2.45, 2.75) is 11.8 Å². The summed E-state index contributed by atoms with van der Waals surface area (Å²) in [6.07, 6.45) is 0.670. The molecule has 1 unspecified atom stereocenters. The molecule has 0 amide bonds. The van der Waals surface area contributed by atoms with Crippen molar-refractivity contribution in [2.75, 3.05) is 6.61 Å². The maximum Gasteiger partial charge on any atom is 0.302 e. The van der Waals surface area contributed by atoms with Gasteiger partial charge in [-0.05, 0) is 0 Å². The first-order chi connectivity index (χ1) is 4.16. The van der Waals surface area contributed by atoms with Gasteiger partial charge in [-0.2, -0.15) is 0 Å². The Morgan fingerprint density at radius 2 is 2.44 bits per heavy atom. The van der Waals surface area contributed by atoms with E-state index in [0.717, 1.165) is 0 Å². The summed E-state index contributed by atoms with van der Waals surface area (Å²) in [5.74, 6) is -0.374. The zero-order valence-corrected chi connectivity index (χ0v) is 6.55. The van der Waals surface area contributed by atoms with E-state index < -0.39 is 0 Å². The molecule has 0 aromatic carbocycles. The molecule has 4 heteroatoms. The van der Waals surface area contributed by atoms with Crippen LogP contribution in [0.15, 0.2) is 0 Å². The fraction of sp³-hybridized carbons (Fsp3) is 0.600. The number of rotatable bonds is 3. The third kappa shape index (κ3) is 5.49. The van der Waals surface area contributed by atoms with Crippen LogP contribution < -0.4 is 0 Å². The van der Waals surface area contributed by atoms with Gasteiger partial charge in [0.15, 0.2) is 0 Å². The van der Waals surface area contributed by atoms with E-state index in [1.165, 1.54) is 6.92 Å². The normalized spacial score (nSPS) is 12.2. The molecular weight excluding hydrogens is 188 g/mol. The van der Waals surface area contributed by atoms with Gasteiger partial charge in [0, 0.05) is 6.92 Å².